The molecule has 7 heteroatoms. The molecule has 1 aromatic carbocycles. The first kappa shape index (κ1) is 19.0. The van der Waals surface area contributed by atoms with E-state index in [4.69, 9.17) is 9.57 Å². The molecule has 7 nitrogen and oxygen atoms in total. The van der Waals surface area contributed by atoms with Crippen LogP contribution in [0.15, 0.2) is 60.0 Å². The van der Waals surface area contributed by atoms with Crippen molar-refractivity contribution in [3.05, 3.63) is 71.7 Å². The smallest absolute Gasteiger partial charge is 0.304 e. The number of nitrogens with one attached hydrogen (secondary N) is 1. The zero-order valence-corrected chi connectivity index (χ0v) is 16.1. The Morgan fingerprint density at radius 3 is 2.79 bits per heavy atom. The highest BCUT2D eigenvalue weighted by Gasteiger charge is 2.20. The molecular weight excluding hydrogens is 354 g/mol. The minimum Gasteiger partial charge on any atom is -0.496 e. The number of anilines is 1. The number of aromatic nitrogens is 2. The van der Waals surface area contributed by atoms with E-state index in [0.717, 1.165) is 22.7 Å². The highest BCUT2D eigenvalue weighted by molar-refractivity contribution is 5.78. The van der Waals surface area contributed by atoms with Crippen molar-refractivity contribution in [1.29, 1.82) is 5.26 Å². The van der Waals surface area contributed by atoms with E-state index in [-0.39, 0.29) is 0 Å². The van der Waals surface area contributed by atoms with Crippen LogP contribution in [-0.4, -0.2) is 32.0 Å². The highest BCUT2D eigenvalue weighted by atomic mass is 16.6. The summed E-state index contributed by atoms with van der Waals surface area (Å²) in [6, 6.07) is 15.6. The van der Waals surface area contributed by atoms with Gasteiger partial charge < -0.3 is 14.5 Å². The fourth-order valence-corrected chi connectivity index (χ4v) is 2.87. The number of ether oxygens (including phenoxy) is 1. The second-order valence-electron chi connectivity index (χ2n) is 6.22. The zero-order valence-electron chi connectivity index (χ0n) is 16.1. The first-order valence-corrected chi connectivity index (χ1v) is 8.72. The van der Waals surface area contributed by atoms with Crippen molar-refractivity contribution >= 4 is 11.9 Å². The largest absolute Gasteiger partial charge is 0.496 e. The molecule has 142 valence electrons. The third kappa shape index (κ3) is 3.96. The van der Waals surface area contributed by atoms with Crippen molar-refractivity contribution < 1.29 is 14.6 Å². The van der Waals surface area contributed by atoms with Crippen LogP contribution in [0.2, 0.25) is 0 Å². The number of aromatic amines is 1. The van der Waals surface area contributed by atoms with Gasteiger partial charge in [-0.3, -0.25) is 0 Å². The van der Waals surface area contributed by atoms with E-state index >= 15 is 0 Å². The van der Waals surface area contributed by atoms with E-state index in [1.807, 2.05) is 78.4 Å². The molecule has 3 rings (SSSR count). The minimum atomic E-state index is 0.299. The van der Waals surface area contributed by atoms with Crippen LogP contribution in [0.1, 0.15) is 16.8 Å². The van der Waals surface area contributed by atoms with E-state index in [9.17, 15) is 5.26 Å². The van der Waals surface area contributed by atoms with Crippen LogP contribution in [0.4, 0.5) is 5.69 Å². The number of para-hydroxylation sites is 1. The quantitative estimate of drug-likeness (QED) is 0.469. The van der Waals surface area contributed by atoms with Gasteiger partial charge >= 0.3 is 5.82 Å². The summed E-state index contributed by atoms with van der Waals surface area (Å²) in [5.41, 5.74) is 3.08. The van der Waals surface area contributed by atoms with Gasteiger partial charge in [-0.15, -0.1) is 0 Å². The third-order valence-corrected chi connectivity index (χ3v) is 4.24. The SMILES string of the molecule is COc1ccccc1CO/N=C/c1cccn1-c1[nH+]ccc(N(C)C)c1C#N. The molecule has 0 aliphatic carbocycles. The molecule has 28 heavy (non-hydrogen) atoms. The molecule has 0 atom stereocenters. The van der Waals surface area contributed by atoms with Crippen LogP contribution >= 0.6 is 0 Å². The van der Waals surface area contributed by atoms with Crippen LogP contribution in [0.25, 0.3) is 5.82 Å². The van der Waals surface area contributed by atoms with Crippen LogP contribution in [0.5, 0.6) is 5.75 Å². The number of hydrogen-bond donors (Lipinski definition) is 0. The Hall–Kier alpha value is -3.79. The van der Waals surface area contributed by atoms with Gasteiger partial charge in [0.1, 0.15) is 24.6 Å². The summed E-state index contributed by atoms with van der Waals surface area (Å²) >= 11 is 0. The van der Waals surface area contributed by atoms with Gasteiger partial charge in [-0.2, -0.15) is 9.83 Å². The maximum absolute atomic E-state index is 9.65. The summed E-state index contributed by atoms with van der Waals surface area (Å²) in [5, 5.41) is 13.7. The molecular formula is C21H22N5O2+. The van der Waals surface area contributed by atoms with Gasteiger partial charge in [-0.25, -0.2) is 4.98 Å². The molecule has 0 bridgehead atoms. The van der Waals surface area contributed by atoms with Crippen molar-refractivity contribution in [2.75, 3.05) is 26.1 Å². The maximum Gasteiger partial charge on any atom is 0.304 e. The predicted molar refractivity (Wildman–Crippen MR) is 107 cm³/mol. The molecule has 0 saturated carbocycles. The molecule has 0 saturated heterocycles. The van der Waals surface area contributed by atoms with Crippen LogP contribution in [0.3, 0.4) is 0 Å². The number of oxime groups is 1. The molecule has 3 aromatic rings. The lowest BCUT2D eigenvalue weighted by Crippen LogP contribution is -2.20. The van der Waals surface area contributed by atoms with E-state index in [1.165, 1.54) is 0 Å². The number of benzene rings is 1. The van der Waals surface area contributed by atoms with Crippen LogP contribution < -0.4 is 14.6 Å². The van der Waals surface area contributed by atoms with E-state index in [1.54, 1.807) is 13.3 Å². The van der Waals surface area contributed by atoms with Gasteiger partial charge in [0.25, 0.3) is 0 Å². The summed E-state index contributed by atoms with van der Waals surface area (Å²) in [7, 11) is 5.44. The topological polar surface area (TPSA) is 76.9 Å². The first-order valence-electron chi connectivity index (χ1n) is 8.72. The summed E-state index contributed by atoms with van der Waals surface area (Å²) in [4.78, 5) is 10.5. The molecule has 0 amide bonds. The number of methoxy groups -OCH3 is 1. The Balaban J connectivity index is 1.81. The Morgan fingerprint density at radius 2 is 2.04 bits per heavy atom. The highest BCUT2D eigenvalue weighted by Crippen LogP contribution is 2.22. The molecule has 0 aliphatic rings. The van der Waals surface area contributed by atoms with Gasteiger partial charge in [0.2, 0.25) is 0 Å². The number of hydrogen-bond acceptors (Lipinski definition) is 5. The Morgan fingerprint density at radius 1 is 1.21 bits per heavy atom. The van der Waals surface area contributed by atoms with Gasteiger partial charge in [0.05, 0.1) is 25.2 Å². The number of nitrogens with zero attached hydrogens (tertiary/aromatic N) is 4. The summed E-state index contributed by atoms with van der Waals surface area (Å²) < 4.78 is 7.17. The second kappa shape index (κ2) is 8.73. The average molecular weight is 376 g/mol. The Bertz CT molecular complexity index is 1020. The minimum absolute atomic E-state index is 0.299. The molecule has 0 spiro atoms. The maximum atomic E-state index is 9.65. The van der Waals surface area contributed by atoms with Gasteiger partial charge in [0.15, 0.2) is 11.3 Å². The normalized spacial score (nSPS) is 10.6. The Labute approximate surface area is 164 Å². The third-order valence-electron chi connectivity index (χ3n) is 4.24. The van der Waals surface area contributed by atoms with Crippen LogP contribution in [0, 0.1) is 11.3 Å². The van der Waals surface area contributed by atoms with Crippen LogP contribution in [-0.2, 0) is 11.4 Å². The monoisotopic (exact) mass is 376 g/mol. The van der Waals surface area contributed by atoms with Crippen molar-refractivity contribution in [2.24, 2.45) is 5.16 Å². The van der Waals surface area contributed by atoms with Gasteiger partial charge in [-0.05, 0) is 18.2 Å². The fraction of sp³-hybridized carbons (Fsp3) is 0.190. The molecule has 2 heterocycles. The first-order chi connectivity index (χ1) is 13.7. The average Bonchev–Trinajstić information content (AvgIpc) is 3.19. The standard InChI is InChI=1S/C21H21N5O2/c1-25(2)19-10-11-23-21(18(19)13-22)26-12-6-8-17(26)14-24-28-15-16-7-4-5-9-20(16)27-3/h4-12,14H,15H2,1-3H3/p+1/b24-14+. The number of rotatable bonds is 7. The van der Waals surface area contributed by atoms with Crippen molar-refractivity contribution in [3.8, 4) is 17.6 Å². The molecule has 0 radical (unpaired) electrons. The van der Waals surface area contributed by atoms with Crippen molar-refractivity contribution in [3.63, 3.8) is 0 Å². The lowest BCUT2D eigenvalue weighted by molar-refractivity contribution is -0.373. The number of H-pyrrole nitrogens is 1. The number of pyridine rings is 1. The predicted octanol–water partition coefficient (Wildman–Crippen LogP) is 2.79. The lowest BCUT2D eigenvalue weighted by Gasteiger charge is -2.13. The number of nitriles is 1. The van der Waals surface area contributed by atoms with E-state index < -0.39 is 0 Å². The molecule has 1 N–H and O–H groups in total. The van der Waals surface area contributed by atoms with Crippen molar-refractivity contribution in [1.82, 2.24) is 4.57 Å². The molecule has 0 unspecified atom stereocenters. The molecule has 2 aromatic heterocycles. The fourth-order valence-electron chi connectivity index (χ4n) is 2.87. The van der Waals surface area contributed by atoms with E-state index in [2.05, 4.69) is 16.2 Å². The zero-order chi connectivity index (χ0) is 19.9. The Kier molecular flexibility index (Phi) is 5.92. The van der Waals surface area contributed by atoms with E-state index in [0.29, 0.717) is 18.0 Å². The lowest BCUT2D eigenvalue weighted by atomic mass is 10.2. The molecule has 0 fully saturated rings. The van der Waals surface area contributed by atoms with Gasteiger partial charge in [0, 0.05) is 25.7 Å². The van der Waals surface area contributed by atoms with Crippen molar-refractivity contribution in [2.45, 2.75) is 6.61 Å². The second-order valence-corrected chi connectivity index (χ2v) is 6.22. The molecule has 0 aliphatic heterocycles. The van der Waals surface area contributed by atoms with Gasteiger partial charge in [-0.1, -0.05) is 23.4 Å². The summed E-state index contributed by atoms with van der Waals surface area (Å²) in [6.45, 7) is 0.299. The summed E-state index contributed by atoms with van der Waals surface area (Å²) in [5.74, 6) is 1.43. The summed E-state index contributed by atoms with van der Waals surface area (Å²) in [6.07, 6.45) is 5.30.